The van der Waals surface area contributed by atoms with E-state index in [9.17, 15) is 22.0 Å². The smallest absolute Gasteiger partial charge is 0.319 e. The molecular formula is C21H21F2N5O3S. The van der Waals surface area contributed by atoms with Crippen LogP contribution in [0.5, 0.6) is 0 Å². The Morgan fingerprint density at radius 3 is 2.47 bits per heavy atom. The van der Waals surface area contributed by atoms with Gasteiger partial charge in [0.25, 0.3) is 10.0 Å². The van der Waals surface area contributed by atoms with Gasteiger partial charge in [0, 0.05) is 32.3 Å². The first kappa shape index (κ1) is 21.9. The molecule has 2 heterocycles. The first-order valence-corrected chi connectivity index (χ1v) is 11.2. The highest BCUT2D eigenvalue weighted by molar-refractivity contribution is 7.89. The van der Waals surface area contributed by atoms with Crippen molar-refractivity contribution in [3.8, 4) is 0 Å². The first-order valence-electron chi connectivity index (χ1n) is 9.79. The molecule has 0 aliphatic carbocycles. The molecule has 2 amide bonds. The van der Waals surface area contributed by atoms with E-state index in [0.717, 1.165) is 0 Å². The van der Waals surface area contributed by atoms with Gasteiger partial charge in [0.2, 0.25) is 0 Å². The van der Waals surface area contributed by atoms with Crippen LogP contribution in [0.25, 0.3) is 0 Å². The number of carbonyl (C=O) groups excluding carboxylic acids is 1. The van der Waals surface area contributed by atoms with Gasteiger partial charge in [-0.2, -0.15) is 4.31 Å². The van der Waals surface area contributed by atoms with E-state index in [0.29, 0.717) is 5.56 Å². The zero-order valence-electron chi connectivity index (χ0n) is 17.1. The molecule has 1 fully saturated rings. The molecule has 0 saturated carbocycles. The van der Waals surface area contributed by atoms with Crippen LogP contribution in [0.2, 0.25) is 0 Å². The largest absolute Gasteiger partial charge is 0.339 e. The quantitative estimate of drug-likeness (QED) is 0.611. The zero-order chi connectivity index (χ0) is 22.9. The SMILES string of the molecule is Cn1cnc(S(=O)(=O)N2C[C@H](NC(=O)Nc3ccccc3F)[C@@H](c3ccc(F)cc3)C2)c1. The van der Waals surface area contributed by atoms with Gasteiger partial charge in [-0.3, -0.25) is 0 Å². The third-order valence-electron chi connectivity index (χ3n) is 5.31. The average Bonchev–Trinajstić information content (AvgIpc) is 3.38. The summed E-state index contributed by atoms with van der Waals surface area (Å²) in [5.41, 5.74) is 0.667. The number of aryl methyl sites for hydroxylation is 1. The highest BCUT2D eigenvalue weighted by Gasteiger charge is 2.41. The van der Waals surface area contributed by atoms with Crippen molar-refractivity contribution in [2.45, 2.75) is 17.0 Å². The molecule has 1 aromatic heterocycles. The lowest BCUT2D eigenvalue weighted by molar-refractivity contribution is 0.248. The van der Waals surface area contributed by atoms with Gasteiger partial charge in [-0.1, -0.05) is 24.3 Å². The number of urea groups is 1. The lowest BCUT2D eigenvalue weighted by Crippen LogP contribution is -2.42. The number of hydrogen-bond acceptors (Lipinski definition) is 4. The summed E-state index contributed by atoms with van der Waals surface area (Å²) in [6.45, 7) is 0.0425. The van der Waals surface area contributed by atoms with Crippen molar-refractivity contribution in [2.24, 2.45) is 7.05 Å². The predicted octanol–water partition coefficient (Wildman–Crippen LogP) is 2.68. The van der Waals surface area contributed by atoms with Crippen molar-refractivity contribution in [3.05, 3.63) is 78.3 Å². The molecule has 0 bridgehead atoms. The fourth-order valence-electron chi connectivity index (χ4n) is 3.70. The van der Waals surface area contributed by atoms with Gasteiger partial charge < -0.3 is 15.2 Å². The number of hydrogen-bond donors (Lipinski definition) is 2. The van der Waals surface area contributed by atoms with Gasteiger partial charge in [-0.05, 0) is 29.8 Å². The maximum atomic E-state index is 13.9. The fraction of sp³-hybridized carbons (Fsp3) is 0.238. The summed E-state index contributed by atoms with van der Waals surface area (Å²) in [6.07, 6.45) is 2.78. The Kier molecular flexibility index (Phi) is 5.94. The van der Waals surface area contributed by atoms with E-state index in [1.165, 1.54) is 51.7 Å². The standard InChI is InChI=1S/C21H21F2N5O3S/c1-27-12-20(24-13-27)32(30,31)28-10-16(14-6-8-15(22)9-7-14)19(11-28)26-21(29)25-18-5-3-2-4-17(18)23/h2-9,12-13,16,19H,10-11H2,1H3,(H2,25,26,29)/t16-,19+/m1/s1. The molecule has 1 saturated heterocycles. The van der Waals surface area contributed by atoms with Crippen LogP contribution >= 0.6 is 0 Å². The third kappa shape index (κ3) is 4.48. The van der Waals surface area contributed by atoms with E-state index in [2.05, 4.69) is 15.6 Å². The summed E-state index contributed by atoms with van der Waals surface area (Å²) in [4.78, 5) is 16.5. The van der Waals surface area contributed by atoms with Crippen LogP contribution in [0.1, 0.15) is 11.5 Å². The minimum absolute atomic E-state index is 0.000655. The molecule has 0 radical (unpaired) electrons. The van der Waals surface area contributed by atoms with Crippen molar-refractivity contribution >= 4 is 21.7 Å². The molecule has 1 aliphatic rings. The lowest BCUT2D eigenvalue weighted by Gasteiger charge is -2.20. The Labute approximate surface area is 183 Å². The van der Waals surface area contributed by atoms with Crippen molar-refractivity contribution < 1.29 is 22.0 Å². The van der Waals surface area contributed by atoms with E-state index in [1.807, 2.05) is 0 Å². The molecule has 8 nitrogen and oxygen atoms in total. The number of para-hydroxylation sites is 1. The van der Waals surface area contributed by atoms with Gasteiger partial charge in [0.05, 0.1) is 18.1 Å². The van der Waals surface area contributed by atoms with E-state index in [1.54, 1.807) is 25.2 Å². The van der Waals surface area contributed by atoms with Crippen LogP contribution < -0.4 is 10.6 Å². The monoisotopic (exact) mass is 461 g/mol. The van der Waals surface area contributed by atoms with Crippen LogP contribution in [0.3, 0.4) is 0 Å². The van der Waals surface area contributed by atoms with Crippen LogP contribution in [-0.4, -0.2) is 47.4 Å². The number of sulfonamides is 1. The van der Waals surface area contributed by atoms with Crippen molar-refractivity contribution in [1.82, 2.24) is 19.2 Å². The Morgan fingerprint density at radius 1 is 1.09 bits per heavy atom. The van der Waals surface area contributed by atoms with E-state index < -0.39 is 39.6 Å². The van der Waals surface area contributed by atoms with Gasteiger partial charge >= 0.3 is 6.03 Å². The number of carbonyl (C=O) groups is 1. The molecule has 0 unspecified atom stereocenters. The average molecular weight is 461 g/mol. The van der Waals surface area contributed by atoms with E-state index >= 15 is 0 Å². The summed E-state index contributed by atoms with van der Waals surface area (Å²) >= 11 is 0. The fourth-order valence-corrected chi connectivity index (χ4v) is 5.16. The number of nitrogens with one attached hydrogen (secondary N) is 2. The summed E-state index contributed by atoms with van der Waals surface area (Å²) < 4.78 is 56.2. The number of halogens is 2. The lowest BCUT2D eigenvalue weighted by atomic mass is 9.94. The number of benzene rings is 2. The second-order valence-electron chi connectivity index (χ2n) is 7.54. The molecule has 2 aromatic carbocycles. The Hall–Kier alpha value is -3.31. The number of rotatable bonds is 5. The van der Waals surface area contributed by atoms with Crippen molar-refractivity contribution in [1.29, 1.82) is 0 Å². The van der Waals surface area contributed by atoms with Crippen LogP contribution in [0.4, 0.5) is 19.3 Å². The molecule has 0 spiro atoms. The minimum Gasteiger partial charge on any atom is -0.339 e. The maximum Gasteiger partial charge on any atom is 0.319 e. The topological polar surface area (TPSA) is 96.3 Å². The first-order chi connectivity index (χ1) is 15.2. The van der Waals surface area contributed by atoms with Crippen LogP contribution in [0.15, 0.2) is 66.1 Å². The summed E-state index contributed by atoms with van der Waals surface area (Å²) in [7, 11) is -2.24. The number of amides is 2. The van der Waals surface area contributed by atoms with Crippen LogP contribution in [0, 0.1) is 11.6 Å². The highest BCUT2D eigenvalue weighted by atomic mass is 32.2. The molecule has 2 atom stereocenters. The molecule has 1 aliphatic heterocycles. The normalized spacial score (nSPS) is 19.1. The predicted molar refractivity (Wildman–Crippen MR) is 113 cm³/mol. The molecule has 32 heavy (non-hydrogen) atoms. The third-order valence-corrected chi connectivity index (χ3v) is 7.03. The number of aromatic nitrogens is 2. The summed E-state index contributed by atoms with van der Waals surface area (Å²) in [5.74, 6) is -1.46. The van der Waals surface area contributed by atoms with Gasteiger partial charge in [0.15, 0.2) is 5.03 Å². The molecule has 11 heteroatoms. The molecule has 3 aromatic rings. The highest BCUT2D eigenvalue weighted by Crippen LogP contribution is 2.31. The Morgan fingerprint density at radius 2 is 1.81 bits per heavy atom. The number of anilines is 1. The van der Waals surface area contributed by atoms with Crippen LogP contribution in [-0.2, 0) is 17.1 Å². The maximum absolute atomic E-state index is 13.9. The van der Waals surface area contributed by atoms with E-state index in [4.69, 9.17) is 0 Å². The van der Waals surface area contributed by atoms with Crippen molar-refractivity contribution in [3.63, 3.8) is 0 Å². The van der Waals surface area contributed by atoms with Gasteiger partial charge in [-0.15, -0.1) is 0 Å². The van der Waals surface area contributed by atoms with Crippen molar-refractivity contribution in [2.75, 3.05) is 18.4 Å². The number of nitrogens with zero attached hydrogens (tertiary/aromatic N) is 3. The summed E-state index contributed by atoms with van der Waals surface area (Å²) in [5, 5.41) is 5.07. The summed E-state index contributed by atoms with van der Waals surface area (Å²) in [6, 6.07) is 10.1. The Bertz CT molecular complexity index is 1230. The zero-order valence-corrected chi connectivity index (χ0v) is 17.9. The van der Waals surface area contributed by atoms with E-state index in [-0.39, 0.29) is 23.8 Å². The molecule has 4 rings (SSSR count). The molecular weight excluding hydrogens is 440 g/mol. The second-order valence-corrected chi connectivity index (χ2v) is 9.43. The molecule has 168 valence electrons. The second kappa shape index (κ2) is 8.67. The van der Waals surface area contributed by atoms with Gasteiger partial charge in [0.1, 0.15) is 11.6 Å². The Balaban J connectivity index is 1.58. The van der Waals surface area contributed by atoms with Gasteiger partial charge in [-0.25, -0.2) is 27.0 Å². The minimum atomic E-state index is -3.91. The number of imidazole rings is 1. The molecule has 2 N–H and O–H groups in total.